The first-order valence-electron chi connectivity index (χ1n) is 6.09. The highest BCUT2D eigenvalue weighted by Crippen LogP contribution is 2.41. The molecule has 1 atom stereocenters. The number of nitrogens with zero attached hydrogens (tertiary/aromatic N) is 1. The van der Waals surface area contributed by atoms with Crippen molar-refractivity contribution in [2.24, 2.45) is 11.3 Å². The molecule has 16 heavy (non-hydrogen) atoms. The second kappa shape index (κ2) is 4.17. The summed E-state index contributed by atoms with van der Waals surface area (Å²) < 4.78 is 0. The average molecular weight is 219 g/mol. The summed E-state index contributed by atoms with van der Waals surface area (Å²) in [5.74, 6) is -0.0516. The summed E-state index contributed by atoms with van der Waals surface area (Å²) in [5, 5.41) is 0. The number of hydrogen-bond acceptors (Lipinski definition) is 2. The van der Waals surface area contributed by atoms with Crippen molar-refractivity contribution in [1.82, 2.24) is 4.90 Å². The number of hydrogen-bond donors (Lipinski definition) is 0. The van der Waals surface area contributed by atoms with Crippen LogP contribution in [0.4, 0.5) is 0 Å². The van der Waals surface area contributed by atoms with Crippen LogP contribution < -0.4 is 0 Å². The molecule has 88 valence electrons. The first kappa shape index (κ1) is 11.6. The standard InChI is InChI=1S/C14H21NO/c1-11-8-14(2,3)13(7-12(11)10-16)9-15-5-4-6-15/h7,10,12H,1,4-6,8-9H2,2-3H3. The molecule has 0 amide bonds. The van der Waals surface area contributed by atoms with Crippen molar-refractivity contribution in [1.29, 1.82) is 0 Å². The Bertz CT molecular complexity index is 337. The Morgan fingerprint density at radius 1 is 1.56 bits per heavy atom. The molecule has 0 bridgehead atoms. The molecule has 2 heteroatoms. The van der Waals surface area contributed by atoms with Crippen molar-refractivity contribution >= 4 is 6.29 Å². The Morgan fingerprint density at radius 2 is 2.25 bits per heavy atom. The van der Waals surface area contributed by atoms with E-state index in [1.54, 1.807) is 0 Å². The van der Waals surface area contributed by atoms with Crippen LogP contribution in [0.2, 0.25) is 0 Å². The molecule has 2 rings (SSSR count). The molecule has 1 unspecified atom stereocenters. The predicted molar refractivity (Wildman–Crippen MR) is 66.2 cm³/mol. The Hall–Kier alpha value is -0.890. The van der Waals surface area contributed by atoms with Gasteiger partial charge in [-0.15, -0.1) is 0 Å². The zero-order valence-corrected chi connectivity index (χ0v) is 10.3. The van der Waals surface area contributed by atoms with E-state index in [9.17, 15) is 4.79 Å². The fourth-order valence-electron chi connectivity index (χ4n) is 2.54. The third kappa shape index (κ3) is 2.12. The van der Waals surface area contributed by atoms with E-state index in [1.165, 1.54) is 25.1 Å². The van der Waals surface area contributed by atoms with Crippen molar-refractivity contribution < 1.29 is 4.79 Å². The average Bonchev–Trinajstić information content (AvgIpc) is 2.12. The summed E-state index contributed by atoms with van der Waals surface area (Å²) in [5.41, 5.74) is 2.65. The Kier molecular flexibility index (Phi) is 3.02. The zero-order valence-electron chi connectivity index (χ0n) is 10.3. The highest BCUT2D eigenvalue weighted by molar-refractivity contribution is 5.63. The molecule has 0 radical (unpaired) electrons. The molecule has 2 nitrogen and oxygen atoms in total. The molecule has 0 spiro atoms. The summed E-state index contributed by atoms with van der Waals surface area (Å²) in [4.78, 5) is 13.4. The van der Waals surface area contributed by atoms with Gasteiger partial charge in [0.2, 0.25) is 0 Å². The Balaban J connectivity index is 2.16. The SMILES string of the molecule is C=C1CC(C)(C)C(CN2CCC2)=CC1C=O. The monoisotopic (exact) mass is 219 g/mol. The van der Waals surface area contributed by atoms with Gasteiger partial charge < -0.3 is 4.79 Å². The van der Waals surface area contributed by atoms with Crippen LogP contribution in [-0.4, -0.2) is 30.8 Å². The second-order valence-corrected chi connectivity index (χ2v) is 5.70. The van der Waals surface area contributed by atoms with Gasteiger partial charge in [-0.25, -0.2) is 0 Å². The number of allylic oxidation sites excluding steroid dienone is 2. The van der Waals surface area contributed by atoms with E-state index in [2.05, 4.69) is 31.4 Å². The second-order valence-electron chi connectivity index (χ2n) is 5.70. The lowest BCUT2D eigenvalue weighted by Crippen LogP contribution is -2.41. The van der Waals surface area contributed by atoms with Crippen LogP contribution in [0.15, 0.2) is 23.8 Å². The quantitative estimate of drug-likeness (QED) is 0.536. The van der Waals surface area contributed by atoms with Gasteiger partial charge in [-0.05, 0) is 31.3 Å². The van der Waals surface area contributed by atoms with E-state index < -0.39 is 0 Å². The summed E-state index contributed by atoms with van der Waals surface area (Å²) in [7, 11) is 0. The summed E-state index contributed by atoms with van der Waals surface area (Å²) in [6.07, 6.45) is 5.42. The van der Waals surface area contributed by atoms with Gasteiger partial charge in [-0.2, -0.15) is 0 Å². The lowest BCUT2D eigenvalue weighted by molar-refractivity contribution is -0.109. The number of carbonyl (C=O) groups is 1. The van der Waals surface area contributed by atoms with Crippen LogP contribution in [0.25, 0.3) is 0 Å². The largest absolute Gasteiger partial charge is 0.302 e. The summed E-state index contributed by atoms with van der Waals surface area (Å²) in [6.45, 7) is 12.0. The Labute approximate surface area is 98.0 Å². The van der Waals surface area contributed by atoms with Crippen molar-refractivity contribution in [3.63, 3.8) is 0 Å². The van der Waals surface area contributed by atoms with E-state index in [0.717, 1.165) is 24.8 Å². The maximum Gasteiger partial charge on any atom is 0.130 e. The van der Waals surface area contributed by atoms with Gasteiger partial charge in [0.15, 0.2) is 0 Å². The molecule has 0 N–H and O–H groups in total. The number of rotatable bonds is 3. The van der Waals surface area contributed by atoms with E-state index in [-0.39, 0.29) is 11.3 Å². The van der Waals surface area contributed by atoms with Gasteiger partial charge in [-0.3, -0.25) is 4.90 Å². The smallest absolute Gasteiger partial charge is 0.130 e. The van der Waals surface area contributed by atoms with Crippen LogP contribution in [0.3, 0.4) is 0 Å². The van der Waals surface area contributed by atoms with Gasteiger partial charge in [0.05, 0.1) is 5.92 Å². The third-order valence-electron chi connectivity index (χ3n) is 3.88. The predicted octanol–water partition coefficient (Wildman–Crippen LogP) is 2.42. The molecule has 1 aliphatic heterocycles. The maximum atomic E-state index is 11.0. The molecule has 0 aromatic rings. The van der Waals surface area contributed by atoms with Gasteiger partial charge in [0, 0.05) is 6.54 Å². The van der Waals surface area contributed by atoms with Crippen LogP contribution in [0, 0.1) is 11.3 Å². The fourth-order valence-corrected chi connectivity index (χ4v) is 2.54. The third-order valence-corrected chi connectivity index (χ3v) is 3.88. The minimum absolute atomic E-state index is 0.0516. The lowest BCUT2D eigenvalue weighted by atomic mass is 9.70. The van der Waals surface area contributed by atoms with Crippen molar-refractivity contribution in [2.75, 3.05) is 19.6 Å². The van der Waals surface area contributed by atoms with Crippen molar-refractivity contribution in [2.45, 2.75) is 26.7 Å². The molecule has 2 aliphatic rings. The van der Waals surface area contributed by atoms with E-state index >= 15 is 0 Å². The first-order valence-corrected chi connectivity index (χ1v) is 6.09. The molecular formula is C14H21NO. The van der Waals surface area contributed by atoms with Gasteiger partial charge >= 0.3 is 0 Å². The van der Waals surface area contributed by atoms with Crippen molar-refractivity contribution in [3.05, 3.63) is 23.8 Å². The normalized spacial score (nSPS) is 29.5. The molecule has 1 heterocycles. The Morgan fingerprint density at radius 3 is 2.75 bits per heavy atom. The topological polar surface area (TPSA) is 20.3 Å². The van der Waals surface area contributed by atoms with E-state index in [4.69, 9.17) is 0 Å². The van der Waals surface area contributed by atoms with Crippen LogP contribution >= 0.6 is 0 Å². The van der Waals surface area contributed by atoms with Crippen LogP contribution in [0.5, 0.6) is 0 Å². The number of carbonyl (C=O) groups excluding carboxylic acids is 1. The number of aldehydes is 1. The van der Waals surface area contributed by atoms with Crippen molar-refractivity contribution in [3.8, 4) is 0 Å². The molecular weight excluding hydrogens is 198 g/mol. The highest BCUT2D eigenvalue weighted by atomic mass is 16.1. The minimum Gasteiger partial charge on any atom is -0.302 e. The maximum absolute atomic E-state index is 11.0. The van der Waals surface area contributed by atoms with E-state index in [1.807, 2.05) is 0 Å². The molecule has 1 aliphatic carbocycles. The molecule has 0 saturated carbocycles. The molecule has 0 aromatic carbocycles. The minimum atomic E-state index is -0.0516. The number of likely N-dealkylation sites (tertiary alicyclic amines) is 1. The summed E-state index contributed by atoms with van der Waals surface area (Å²) >= 11 is 0. The lowest BCUT2D eigenvalue weighted by Gasteiger charge is -2.40. The highest BCUT2D eigenvalue weighted by Gasteiger charge is 2.33. The zero-order chi connectivity index (χ0) is 11.8. The van der Waals surface area contributed by atoms with Gasteiger partial charge in [-0.1, -0.05) is 37.6 Å². The first-order chi connectivity index (χ1) is 7.53. The van der Waals surface area contributed by atoms with Crippen LogP contribution in [0.1, 0.15) is 26.7 Å². The van der Waals surface area contributed by atoms with Crippen LogP contribution in [-0.2, 0) is 4.79 Å². The summed E-state index contributed by atoms with van der Waals surface area (Å²) in [6, 6.07) is 0. The molecule has 1 fully saturated rings. The molecule has 0 aromatic heterocycles. The fraction of sp³-hybridized carbons (Fsp3) is 0.643. The van der Waals surface area contributed by atoms with Gasteiger partial charge in [0.1, 0.15) is 6.29 Å². The molecule has 1 saturated heterocycles. The van der Waals surface area contributed by atoms with E-state index in [0.29, 0.717) is 0 Å². The van der Waals surface area contributed by atoms with Gasteiger partial charge in [0.25, 0.3) is 0 Å².